The van der Waals surface area contributed by atoms with E-state index in [0.29, 0.717) is 22.1 Å². The van der Waals surface area contributed by atoms with Crippen LogP contribution >= 0.6 is 11.6 Å². The Morgan fingerprint density at radius 2 is 1.70 bits per heavy atom. The third-order valence-electron chi connectivity index (χ3n) is 3.29. The number of aliphatic hydroxyl groups excluding tert-OH is 1. The molecule has 0 aromatic heterocycles. The fourth-order valence-electron chi connectivity index (χ4n) is 2.19. The fraction of sp³-hybridized carbons (Fsp3) is 0.250. The highest BCUT2D eigenvalue weighted by Crippen LogP contribution is 2.41. The molecular weight excluding hydrogens is 276 g/mol. The van der Waals surface area contributed by atoms with Crippen LogP contribution in [0, 0.1) is 6.92 Å². The van der Waals surface area contributed by atoms with Gasteiger partial charge in [0.1, 0.15) is 22.6 Å². The molecular formula is C16H17ClO3. The first kappa shape index (κ1) is 14.7. The average Bonchev–Trinajstić information content (AvgIpc) is 2.46. The van der Waals surface area contributed by atoms with Crippen molar-refractivity contribution in [1.82, 2.24) is 0 Å². The Bertz CT molecular complexity index is 611. The number of halogens is 1. The third-order valence-corrected chi connectivity index (χ3v) is 3.65. The van der Waals surface area contributed by atoms with E-state index in [1.54, 1.807) is 12.1 Å². The van der Waals surface area contributed by atoms with Gasteiger partial charge in [-0.2, -0.15) is 0 Å². The van der Waals surface area contributed by atoms with E-state index in [1.165, 1.54) is 14.2 Å². The van der Waals surface area contributed by atoms with Crippen LogP contribution in [0.5, 0.6) is 11.5 Å². The van der Waals surface area contributed by atoms with E-state index in [9.17, 15) is 5.11 Å². The molecule has 4 heteroatoms. The zero-order valence-corrected chi connectivity index (χ0v) is 12.4. The van der Waals surface area contributed by atoms with Gasteiger partial charge in [-0.05, 0) is 30.2 Å². The molecule has 106 valence electrons. The van der Waals surface area contributed by atoms with E-state index in [2.05, 4.69) is 0 Å². The van der Waals surface area contributed by atoms with Crippen LogP contribution in [0.2, 0.25) is 5.02 Å². The van der Waals surface area contributed by atoms with Gasteiger partial charge in [0.2, 0.25) is 0 Å². The first-order valence-electron chi connectivity index (χ1n) is 6.24. The summed E-state index contributed by atoms with van der Waals surface area (Å²) in [6, 6.07) is 11.2. The largest absolute Gasteiger partial charge is 0.495 e. The summed E-state index contributed by atoms with van der Waals surface area (Å²) in [6.45, 7) is 1.95. The molecule has 0 amide bonds. The molecule has 0 saturated carbocycles. The zero-order chi connectivity index (χ0) is 14.7. The summed E-state index contributed by atoms with van der Waals surface area (Å²) in [4.78, 5) is 0. The number of ether oxygens (including phenoxy) is 2. The first-order valence-corrected chi connectivity index (χ1v) is 6.62. The van der Waals surface area contributed by atoms with E-state index in [4.69, 9.17) is 21.1 Å². The maximum Gasteiger partial charge on any atom is 0.147 e. The molecule has 0 aliphatic heterocycles. The molecule has 0 radical (unpaired) electrons. The molecule has 0 heterocycles. The van der Waals surface area contributed by atoms with Crippen molar-refractivity contribution >= 4 is 11.6 Å². The predicted molar refractivity (Wildman–Crippen MR) is 79.8 cm³/mol. The van der Waals surface area contributed by atoms with Crippen LogP contribution in [0.1, 0.15) is 22.8 Å². The van der Waals surface area contributed by atoms with E-state index >= 15 is 0 Å². The minimum Gasteiger partial charge on any atom is -0.495 e. The van der Waals surface area contributed by atoms with Gasteiger partial charge in [-0.1, -0.05) is 35.9 Å². The van der Waals surface area contributed by atoms with Crippen molar-refractivity contribution < 1.29 is 14.6 Å². The molecule has 0 spiro atoms. The van der Waals surface area contributed by atoms with Gasteiger partial charge in [0.05, 0.1) is 14.2 Å². The highest BCUT2D eigenvalue weighted by molar-refractivity contribution is 6.33. The molecule has 2 aromatic rings. The second-order valence-corrected chi connectivity index (χ2v) is 4.84. The van der Waals surface area contributed by atoms with Crippen molar-refractivity contribution in [2.24, 2.45) is 0 Å². The van der Waals surface area contributed by atoms with Gasteiger partial charge in [-0.3, -0.25) is 0 Å². The molecule has 0 aliphatic carbocycles. The molecule has 2 rings (SSSR count). The molecule has 1 unspecified atom stereocenters. The maximum absolute atomic E-state index is 10.6. The SMILES string of the molecule is COc1ccc(C(O)c2ccccc2C)c(OC)c1Cl. The average molecular weight is 293 g/mol. The number of benzene rings is 2. The summed E-state index contributed by atoms with van der Waals surface area (Å²) in [5.74, 6) is 0.950. The second kappa shape index (κ2) is 6.16. The summed E-state index contributed by atoms with van der Waals surface area (Å²) < 4.78 is 10.5. The van der Waals surface area contributed by atoms with E-state index < -0.39 is 6.10 Å². The van der Waals surface area contributed by atoms with Crippen molar-refractivity contribution in [3.05, 3.63) is 58.1 Å². The van der Waals surface area contributed by atoms with Crippen molar-refractivity contribution in [2.75, 3.05) is 14.2 Å². The molecule has 0 fully saturated rings. The Kier molecular flexibility index (Phi) is 4.53. The van der Waals surface area contributed by atoms with Crippen LogP contribution in [0.25, 0.3) is 0 Å². The predicted octanol–water partition coefficient (Wildman–Crippen LogP) is 3.75. The normalized spacial score (nSPS) is 12.1. The van der Waals surface area contributed by atoms with Gasteiger partial charge < -0.3 is 14.6 Å². The topological polar surface area (TPSA) is 38.7 Å². The molecule has 3 nitrogen and oxygen atoms in total. The van der Waals surface area contributed by atoms with Crippen molar-refractivity contribution in [1.29, 1.82) is 0 Å². The smallest absolute Gasteiger partial charge is 0.147 e. The Labute approximate surface area is 123 Å². The summed E-state index contributed by atoms with van der Waals surface area (Å²) in [5, 5.41) is 11.0. The zero-order valence-electron chi connectivity index (χ0n) is 11.7. The molecule has 2 aromatic carbocycles. The lowest BCUT2D eigenvalue weighted by Crippen LogP contribution is -2.05. The number of aryl methyl sites for hydroxylation is 1. The second-order valence-electron chi connectivity index (χ2n) is 4.46. The monoisotopic (exact) mass is 292 g/mol. The standard InChI is InChI=1S/C16H17ClO3/c1-10-6-4-5-7-11(10)15(18)12-8-9-13(19-2)14(17)16(12)20-3/h4-9,15,18H,1-3H3. The Morgan fingerprint density at radius 1 is 1.00 bits per heavy atom. The van der Waals surface area contributed by atoms with Gasteiger partial charge in [0.25, 0.3) is 0 Å². The number of hydrogen-bond acceptors (Lipinski definition) is 3. The van der Waals surface area contributed by atoms with Crippen molar-refractivity contribution in [2.45, 2.75) is 13.0 Å². The number of aliphatic hydroxyl groups is 1. The van der Waals surface area contributed by atoms with E-state index in [1.807, 2.05) is 31.2 Å². The molecule has 20 heavy (non-hydrogen) atoms. The van der Waals surface area contributed by atoms with Crippen LogP contribution in [0.3, 0.4) is 0 Å². The third kappa shape index (κ3) is 2.60. The minimum absolute atomic E-state index is 0.361. The maximum atomic E-state index is 10.6. The van der Waals surface area contributed by atoms with Gasteiger partial charge in [-0.25, -0.2) is 0 Å². The van der Waals surface area contributed by atoms with Gasteiger partial charge >= 0.3 is 0 Å². The van der Waals surface area contributed by atoms with Gasteiger partial charge in [0.15, 0.2) is 0 Å². The summed E-state index contributed by atoms with van der Waals surface area (Å²) in [5.41, 5.74) is 2.45. The van der Waals surface area contributed by atoms with Gasteiger partial charge in [0, 0.05) is 5.56 Å². The Hall–Kier alpha value is -1.71. The minimum atomic E-state index is -0.797. The lowest BCUT2D eigenvalue weighted by Gasteiger charge is -2.19. The number of methoxy groups -OCH3 is 2. The van der Waals surface area contributed by atoms with E-state index in [-0.39, 0.29) is 0 Å². The Balaban J connectivity index is 2.53. The van der Waals surface area contributed by atoms with Crippen molar-refractivity contribution in [3.8, 4) is 11.5 Å². The van der Waals surface area contributed by atoms with E-state index in [0.717, 1.165) is 11.1 Å². The quantitative estimate of drug-likeness (QED) is 0.933. The number of hydrogen-bond donors (Lipinski definition) is 1. The summed E-state index contributed by atoms with van der Waals surface area (Å²) in [7, 11) is 3.06. The van der Waals surface area contributed by atoms with Crippen molar-refractivity contribution in [3.63, 3.8) is 0 Å². The lowest BCUT2D eigenvalue weighted by atomic mass is 9.97. The first-order chi connectivity index (χ1) is 9.60. The highest BCUT2D eigenvalue weighted by atomic mass is 35.5. The van der Waals surface area contributed by atoms with Gasteiger partial charge in [-0.15, -0.1) is 0 Å². The highest BCUT2D eigenvalue weighted by Gasteiger charge is 2.21. The molecule has 0 aliphatic rings. The lowest BCUT2D eigenvalue weighted by molar-refractivity contribution is 0.214. The van der Waals surface area contributed by atoms with Crippen LogP contribution in [0.15, 0.2) is 36.4 Å². The van der Waals surface area contributed by atoms with Crippen LogP contribution in [0.4, 0.5) is 0 Å². The Morgan fingerprint density at radius 3 is 2.30 bits per heavy atom. The molecule has 1 atom stereocenters. The summed E-state index contributed by atoms with van der Waals surface area (Å²) >= 11 is 6.22. The van der Waals surface area contributed by atoms with Crippen LogP contribution in [-0.4, -0.2) is 19.3 Å². The number of rotatable bonds is 4. The molecule has 0 bridgehead atoms. The fourth-order valence-corrected chi connectivity index (χ4v) is 2.52. The molecule has 0 saturated heterocycles. The van der Waals surface area contributed by atoms with Crippen LogP contribution < -0.4 is 9.47 Å². The summed E-state index contributed by atoms with van der Waals surface area (Å²) in [6.07, 6.45) is -0.797. The molecule has 1 N–H and O–H groups in total. The van der Waals surface area contributed by atoms with Crippen LogP contribution in [-0.2, 0) is 0 Å².